The third-order valence-corrected chi connectivity index (χ3v) is 0.615. The van der Waals surface area contributed by atoms with Crippen LogP contribution in [0, 0.1) is 0 Å². The van der Waals surface area contributed by atoms with Crippen LogP contribution in [0.15, 0.2) is 4.99 Å². The minimum absolute atomic E-state index is 0.0694. The molecule has 0 aromatic rings. The highest BCUT2D eigenvalue weighted by Crippen LogP contribution is 1.69. The highest BCUT2D eigenvalue weighted by molar-refractivity contribution is 5.92. The van der Waals surface area contributed by atoms with Gasteiger partial charge in [0, 0.05) is 0 Å². The predicted molar refractivity (Wildman–Crippen MR) is 25.9 cm³/mol. The average Bonchev–Trinajstić information content (AvgIpc) is 2.14. The molecule has 1 radical (unpaired) electrons. The molecule has 0 saturated heterocycles. The molecular formula is C3H5N3O+. The van der Waals surface area contributed by atoms with Crippen LogP contribution >= 0.6 is 0 Å². The number of nitrogens with one attached hydrogen (secondary N) is 1. The van der Waals surface area contributed by atoms with Gasteiger partial charge in [0.2, 0.25) is 0 Å². The number of hydrogen-bond donors (Lipinski definition) is 2. The van der Waals surface area contributed by atoms with Crippen LogP contribution in [-0.2, 0) is 0 Å². The third-order valence-electron chi connectivity index (χ3n) is 0.615. The van der Waals surface area contributed by atoms with Gasteiger partial charge in [-0.05, 0) is 4.99 Å². The summed E-state index contributed by atoms with van der Waals surface area (Å²) in [5.74, 6) is 0.500. The summed E-state index contributed by atoms with van der Waals surface area (Å²) in [6.45, 7) is -0.0694. The molecule has 0 saturated carbocycles. The summed E-state index contributed by atoms with van der Waals surface area (Å²) in [5.41, 5.74) is 2.48. The third kappa shape index (κ3) is 0.747. The fraction of sp³-hybridized carbons (Fsp3) is 0.333. The first-order chi connectivity index (χ1) is 3.43. The number of aliphatic hydroxyl groups excluding tert-OH is 1. The number of hydrogen-bond acceptors (Lipinski definition) is 4. The van der Waals surface area contributed by atoms with Crippen LogP contribution in [0.1, 0.15) is 0 Å². The number of nitrogens with zero attached hydrogens (tertiary/aromatic N) is 2. The normalized spacial score (nSPS) is 16.4. The molecule has 1 rings (SSSR count). The van der Waals surface area contributed by atoms with Gasteiger partial charge in [0.25, 0.3) is 5.84 Å². The first kappa shape index (κ1) is 4.26. The minimum Gasteiger partial charge on any atom is -0.386 e. The zero-order valence-electron chi connectivity index (χ0n) is 3.63. The van der Waals surface area contributed by atoms with Gasteiger partial charge < -0.3 is 5.11 Å². The van der Waals surface area contributed by atoms with Crippen LogP contribution in [0.2, 0.25) is 0 Å². The average molecular weight is 99.1 g/mol. The first-order valence-electron chi connectivity index (χ1n) is 1.88. The van der Waals surface area contributed by atoms with Crippen molar-refractivity contribution >= 4 is 12.2 Å². The molecular weight excluding hydrogens is 94.1 g/mol. The molecule has 0 aliphatic carbocycles. The van der Waals surface area contributed by atoms with Crippen molar-refractivity contribution in [1.29, 1.82) is 0 Å². The zero-order chi connectivity index (χ0) is 5.11. The number of aliphatic imine (C=N–C) groups is 1. The Morgan fingerprint density at radius 2 is 2.86 bits per heavy atom. The molecule has 1 aliphatic heterocycles. The fourth-order valence-corrected chi connectivity index (χ4v) is 0.307. The fourth-order valence-electron chi connectivity index (χ4n) is 0.307. The lowest BCUT2D eigenvalue weighted by molar-refractivity contribution is 0.353. The highest BCUT2D eigenvalue weighted by Gasteiger charge is 2.07. The lowest BCUT2D eigenvalue weighted by atomic mass is 10.7. The van der Waals surface area contributed by atoms with Crippen LogP contribution in [-0.4, -0.2) is 23.9 Å². The minimum atomic E-state index is -0.0694. The van der Waals surface area contributed by atoms with E-state index in [0.717, 1.165) is 0 Å². The lowest BCUT2D eigenvalue weighted by Gasteiger charge is -1.77. The summed E-state index contributed by atoms with van der Waals surface area (Å²) < 4.78 is 0. The Hall–Kier alpha value is -0.900. The Kier molecular flexibility index (Phi) is 1.04. The van der Waals surface area contributed by atoms with Crippen LogP contribution < -0.4 is 10.5 Å². The standard InChI is InChI=1S/C3H5N3O/c7-1-3-4-2-5-6-3/h2,7H,1H2,(H,4,6)/q+1. The smallest absolute Gasteiger partial charge is 0.354 e. The number of amidine groups is 1. The molecule has 4 nitrogen and oxygen atoms in total. The molecule has 0 atom stereocenters. The second-order valence-corrected chi connectivity index (χ2v) is 1.09. The van der Waals surface area contributed by atoms with E-state index < -0.39 is 0 Å². The SMILES string of the molecule is OCC1=NC=[N+]N1. The summed E-state index contributed by atoms with van der Waals surface area (Å²) in [4.78, 5) is 3.62. The van der Waals surface area contributed by atoms with Gasteiger partial charge in [0.05, 0.1) is 5.10 Å². The van der Waals surface area contributed by atoms with Gasteiger partial charge in [0.1, 0.15) is 6.61 Å². The summed E-state index contributed by atoms with van der Waals surface area (Å²) in [7, 11) is 0. The van der Waals surface area contributed by atoms with Crippen molar-refractivity contribution in [3.63, 3.8) is 0 Å². The van der Waals surface area contributed by atoms with E-state index in [9.17, 15) is 0 Å². The Morgan fingerprint density at radius 1 is 2.00 bits per heavy atom. The summed E-state index contributed by atoms with van der Waals surface area (Å²) in [5, 5.41) is 11.8. The van der Waals surface area contributed by atoms with Crippen molar-refractivity contribution in [3.05, 3.63) is 0 Å². The van der Waals surface area contributed by atoms with E-state index in [2.05, 4.69) is 15.5 Å². The second kappa shape index (κ2) is 1.70. The van der Waals surface area contributed by atoms with Crippen LogP contribution in [0.4, 0.5) is 0 Å². The summed E-state index contributed by atoms with van der Waals surface area (Å²) in [6, 6.07) is 0. The molecule has 4 heteroatoms. The van der Waals surface area contributed by atoms with E-state index in [1.54, 1.807) is 0 Å². The quantitative estimate of drug-likeness (QED) is 0.410. The number of aliphatic hydroxyl groups is 1. The molecule has 1 heterocycles. The topological polar surface area (TPSA) is 58.7 Å². The van der Waals surface area contributed by atoms with Gasteiger partial charge in [-0.25, -0.2) is 0 Å². The number of rotatable bonds is 1. The van der Waals surface area contributed by atoms with E-state index >= 15 is 0 Å². The van der Waals surface area contributed by atoms with Crippen molar-refractivity contribution in [2.24, 2.45) is 4.99 Å². The van der Waals surface area contributed by atoms with Crippen molar-refractivity contribution in [1.82, 2.24) is 10.5 Å². The van der Waals surface area contributed by atoms with E-state index in [-0.39, 0.29) is 6.61 Å². The first-order valence-corrected chi connectivity index (χ1v) is 1.88. The van der Waals surface area contributed by atoms with Crippen LogP contribution in [0.25, 0.3) is 0 Å². The molecule has 2 N–H and O–H groups in total. The number of hydrazone groups is 1. The summed E-state index contributed by atoms with van der Waals surface area (Å²) >= 11 is 0. The van der Waals surface area contributed by atoms with Crippen molar-refractivity contribution < 1.29 is 5.11 Å². The maximum absolute atomic E-state index is 8.29. The monoisotopic (exact) mass is 99.0 g/mol. The summed E-state index contributed by atoms with van der Waals surface area (Å²) in [6.07, 6.45) is 1.35. The molecule has 0 amide bonds. The van der Waals surface area contributed by atoms with E-state index in [1.807, 2.05) is 0 Å². The zero-order valence-corrected chi connectivity index (χ0v) is 3.63. The van der Waals surface area contributed by atoms with Gasteiger partial charge in [0.15, 0.2) is 0 Å². The van der Waals surface area contributed by atoms with Crippen LogP contribution in [0.5, 0.6) is 0 Å². The molecule has 0 fully saturated rings. The van der Waals surface area contributed by atoms with Gasteiger partial charge >= 0.3 is 6.34 Å². The Balaban J connectivity index is 2.45. The largest absolute Gasteiger partial charge is 0.386 e. The van der Waals surface area contributed by atoms with Crippen molar-refractivity contribution in [3.8, 4) is 0 Å². The Labute approximate surface area is 40.6 Å². The van der Waals surface area contributed by atoms with Crippen molar-refractivity contribution in [2.45, 2.75) is 0 Å². The van der Waals surface area contributed by atoms with Gasteiger partial charge in [-0.15, -0.1) is 5.43 Å². The van der Waals surface area contributed by atoms with E-state index in [1.165, 1.54) is 6.34 Å². The molecule has 7 heavy (non-hydrogen) atoms. The van der Waals surface area contributed by atoms with Crippen molar-refractivity contribution in [2.75, 3.05) is 6.61 Å². The molecule has 0 unspecified atom stereocenters. The Bertz CT molecular complexity index is 117. The maximum atomic E-state index is 8.29. The second-order valence-electron chi connectivity index (χ2n) is 1.09. The molecule has 37 valence electrons. The van der Waals surface area contributed by atoms with Gasteiger partial charge in [-0.2, -0.15) is 0 Å². The maximum Gasteiger partial charge on any atom is 0.354 e. The predicted octanol–water partition coefficient (Wildman–Crippen LogP) is -1.74. The molecule has 0 bridgehead atoms. The Morgan fingerprint density at radius 3 is 3.14 bits per heavy atom. The molecule has 0 aromatic carbocycles. The lowest BCUT2D eigenvalue weighted by Crippen LogP contribution is -2.23. The highest BCUT2D eigenvalue weighted by atomic mass is 16.3. The van der Waals surface area contributed by atoms with Crippen LogP contribution in [0.3, 0.4) is 0 Å². The van der Waals surface area contributed by atoms with E-state index in [4.69, 9.17) is 5.11 Å². The van der Waals surface area contributed by atoms with Gasteiger partial charge in [-0.3, -0.25) is 0 Å². The molecule has 1 aliphatic rings. The van der Waals surface area contributed by atoms with Gasteiger partial charge in [-0.1, -0.05) is 0 Å². The molecule has 0 aromatic heterocycles. The van der Waals surface area contributed by atoms with E-state index in [0.29, 0.717) is 5.84 Å². The molecule has 0 spiro atoms.